The molecule has 0 amide bonds. The zero-order chi connectivity index (χ0) is 23.1. The normalized spacial score (nSPS) is 15.2. The van der Waals surface area contributed by atoms with Gasteiger partial charge in [0, 0.05) is 24.3 Å². The van der Waals surface area contributed by atoms with Crippen molar-refractivity contribution < 1.29 is 29.4 Å². The Morgan fingerprint density at radius 1 is 0.733 bits per heavy atom. The second-order valence-electron chi connectivity index (χ2n) is 7.39. The Morgan fingerprint density at radius 2 is 1.07 bits per heavy atom. The molecule has 0 aromatic carbocycles. The third-order valence-electron chi connectivity index (χ3n) is 5.01. The average Bonchev–Trinajstić information content (AvgIpc) is 2.69. The zero-order valence-corrected chi connectivity index (χ0v) is 19.9. The molecule has 0 aliphatic rings. The molecule has 0 spiro atoms. The van der Waals surface area contributed by atoms with Gasteiger partial charge in [-0.3, -0.25) is 29.8 Å². The van der Waals surface area contributed by atoms with Gasteiger partial charge >= 0.3 is 11.9 Å². The zero-order valence-electron chi connectivity index (χ0n) is 18.3. The second-order valence-corrected chi connectivity index (χ2v) is 10.1. The number of rotatable bonds is 19. The SMILES string of the molecule is CC[C@H](C)[C@H](NCC(=O)CCSSCCC(=O)CN[C@H](C(=O)O)[C@@H](C)CC)C(=O)O. The van der Waals surface area contributed by atoms with Gasteiger partial charge in [-0.25, -0.2) is 0 Å². The van der Waals surface area contributed by atoms with Gasteiger partial charge in [0.05, 0.1) is 13.1 Å². The number of carbonyl (C=O) groups excluding carboxylic acids is 2. The average molecular weight is 465 g/mol. The monoisotopic (exact) mass is 464 g/mol. The third-order valence-corrected chi connectivity index (χ3v) is 7.42. The molecule has 0 unspecified atom stereocenters. The Balaban J connectivity index is 3.93. The van der Waals surface area contributed by atoms with E-state index in [-0.39, 0.29) is 36.5 Å². The highest BCUT2D eigenvalue weighted by molar-refractivity contribution is 8.76. The van der Waals surface area contributed by atoms with Crippen LogP contribution in [0.25, 0.3) is 0 Å². The van der Waals surface area contributed by atoms with Crippen LogP contribution in [0, 0.1) is 11.8 Å². The summed E-state index contributed by atoms with van der Waals surface area (Å²) in [4.78, 5) is 46.3. The molecule has 0 aromatic rings. The number of nitrogens with one attached hydrogen (secondary N) is 2. The lowest BCUT2D eigenvalue weighted by Crippen LogP contribution is -2.44. The summed E-state index contributed by atoms with van der Waals surface area (Å²) in [5, 5.41) is 24.0. The molecule has 30 heavy (non-hydrogen) atoms. The van der Waals surface area contributed by atoms with E-state index >= 15 is 0 Å². The van der Waals surface area contributed by atoms with Crippen molar-refractivity contribution in [2.24, 2.45) is 11.8 Å². The van der Waals surface area contributed by atoms with Crippen molar-refractivity contribution in [1.29, 1.82) is 0 Å². The predicted octanol–water partition coefficient (Wildman–Crippen LogP) is 2.46. The number of aliphatic carboxylic acids is 2. The van der Waals surface area contributed by atoms with E-state index in [2.05, 4.69) is 10.6 Å². The Kier molecular flexibility index (Phi) is 16.0. The van der Waals surface area contributed by atoms with Crippen molar-refractivity contribution in [3.8, 4) is 0 Å². The number of hydrogen-bond donors (Lipinski definition) is 4. The molecule has 0 saturated heterocycles. The highest BCUT2D eigenvalue weighted by atomic mass is 33.1. The van der Waals surface area contributed by atoms with E-state index in [1.807, 2.05) is 27.7 Å². The quantitative estimate of drug-likeness (QED) is 0.167. The first-order valence-corrected chi connectivity index (χ1v) is 12.8. The largest absolute Gasteiger partial charge is 0.480 e. The van der Waals surface area contributed by atoms with Crippen molar-refractivity contribution >= 4 is 45.1 Å². The standard InChI is InChI=1S/C20H36N2O6S2/c1-5-13(3)17(19(25)26)21-11-15(23)7-9-29-30-10-8-16(24)12-22-18(20(27)28)14(4)6-2/h13-14,17-18,21-22H,5-12H2,1-4H3,(H,25,26)(H,27,28)/t13-,14-,17-,18-/m0/s1. The van der Waals surface area contributed by atoms with Gasteiger partial charge in [-0.1, -0.05) is 62.1 Å². The van der Waals surface area contributed by atoms with E-state index in [9.17, 15) is 29.4 Å². The first-order valence-electron chi connectivity index (χ1n) is 10.3. The molecule has 0 saturated carbocycles. The van der Waals surface area contributed by atoms with E-state index in [4.69, 9.17) is 0 Å². The molecule has 0 aliphatic heterocycles. The Morgan fingerprint density at radius 3 is 1.33 bits per heavy atom. The maximum absolute atomic E-state index is 11.9. The number of carbonyl (C=O) groups is 4. The van der Waals surface area contributed by atoms with E-state index in [1.165, 1.54) is 21.6 Å². The fourth-order valence-corrected chi connectivity index (χ4v) is 4.65. The molecular formula is C20H36N2O6S2. The van der Waals surface area contributed by atoms with Gasteiger partial charge in [-0.15, -0.1) is 0 Å². The van der Waals surface area contributed by atoms with Crippen LogP contribution in [-0.2, 0) is 19.2 Å². The summed E-state index contributed by atoms with van der Waals surface area (Å²) in [6.45, 7) is 7.58. The van der Waals surface area contributed by atoms with Crippen LogP contribution in [0.4, 0.5) is 0 Å². The lowest BCUT2D eigenvalue weighted by molar-refractivity contribution is -0.142. The van der Waals surface area contributed by atoms with Crippen LogP contribution in [0.5, 0.6) is 0 Å². The van der Waals surface area contributed by atoms with Crippen molar-refractivity contribution in [2.75, 3.05) is 24.6 Å². The summed E-state index contributed by atoms with van der Waals surface area (Å²) < 4.78 is 0. The molecule has 0 fully saturated rings. The molecule has 174 valence electrons. The van der Waals surface area contributed by atoms with E-state index in [1.54, 1.807) is 0 Å². The van der Waals surface area contributed by atoms with Crippen LogP contribution in [0.3, 0.4) is 0 Å². The summed E-state index contributed by atoms with van der Waals surface area (Å²) in [6, 6.07) is -1.44. The summed E-state index contributed by atoms with van der Waals surface area (Å²) in [6.07, 6.45) is 2.10. The first kappa shape index (κ1) is 28.9. The van der Waals surface area contributed by atoms with Crippen LogP contribution >= 0.6 is 21.6 Å². The number of carboxylic acid groups (broad SMARTS) is 2. The van der Waals surface area contributed by atoms with Gasteiger partial charge < -0.3 is 10.2 Å². The minimum atomic E-state index is -0.944. The van der Waals surface area contributed by atoms with E-state index in [0.29, 0.717) is 37.2 Å². The molecule has 0 bridgehead atoms. The summed E-state index contributed by atoms with van der Waals surface area (Å²) >= 11 is 0. The van der Waals surface area contributed by atoms with Crippen molar-refractivity contribution in [3.05, 3.63) is 0 Å². The highest BCUT2D eigenvalue weighted by Gasteiger charge is 2.24. The second kappa shape index (κ2) is 16.6. The summed E-state index contributed by atoms with van der Waals surface area (Å²) in [5.74, 6) is -0.890. The van der Waals surface area contributed by atoms with Crippen LogP contribution < -0.4 is 10.6 Å². The molecule has 4 N–H and O–H groups in total. The molecule has 4 atom stereocenters. The molecule has 0 heterocycles. The molecule has 8 nitrogen and oxygen atoms in total. The smallest absolute Gasteiger partial charge is 0.320 e. The van der Waals surface area contributed by atoms with Gasteiger partial charge in [0.2, 0.25) is 0 Å². The molecule has 0 rings (SSSR count). The minimum Gasteiger partial charge on any atom is -0.480 e. The van der Waals surface area contributed by atoms with Crippen LogP contribution in [0.15, 0.2) is 0 Å². The molecular weight excluding hydrogens is 428 g/mol. The molecule has 0 aliphatic carbocycles. The van der Waals surface area contributed by atoms with Gasteiger partial charge in [-0.05, 0) is 11.8 Å². The van der Waals surface area contributed by atoms with Crippen molar-refractivity contribution in [2.45, 2.75) is 65.5 Å². The van der Waals surface area contributed by atoms with Crippen LogP contribution in [0.2, 0.25) is 0 Å². The first-order chi connectivity index (χ1) is 14.1. The number of Topliss-reactive ketones (excluding diaryl/α,β-unsaturated/α-hetero) is 2. The minimum absolute atomic E-state index is 0.0392. The fourth-order valence-electron chi connectivity index (χ4n) is 2.59. The number of carboxylic acids is 2. The lowest BCUT2D eigenvalue weighted by atomic mass is 9.99. The summed E-state index contributed by atoms with van der Waals surface area (Å²) in [7, 11) is 3.00. The fraction of sp³-hybridized carbons (Fsp3) is 0.800. The Bertz CT molecular complexity index is 513. The topological polar surface area (TPSA) is 133 Å². The molecule has 0 aromatic heterocycles. The molecule has 0 radical (unpaired) electrons. The summed E-state index contributed by atoms with van der Waals surface area (Å²) in [5.41, 5.74) is 0. The van der Waals surface area contributed by atoms with Gasteiger partial charge in [0.25, 0.3) is 0 Å². The lowest BCUT2D eigenvalue weighted by Gasteiger charge is -2.19. The Labute approximate surface area is 187 Å². The third kappa shape index (κ3) is 12.6. The molecule has 10 heteroatoms. The maximum atomic E-state index is 11.9. The van der Waals surface area contributed by atoms with Crippen LogP contribution in [0.1, 0.15) is 53.4 Å². The Hall–Kier alpha value is -1.10. The number of ketones is 2. The van der Waals surface area contributed by atoms with E-state index in [0.717, 1.165) is 0 Å². The van der Waals surface area contributed by atoms with Crippen LogP contribution in [-0.4, -0.2) is 70.4 Å². The number of hydrogen-bond acceptors (Lipinski definition) is 8. The van der Waals surface area contributed by atoms with E-state index < -0.39 is 24.0 Å². The van der Waals surface area contributed by atoms with Gasteiger partial charge in [-0.2, -0.15) is 0 Å². The predicted molar refractivity (Wildman–Crippen MR) is 122 cm³/mol. The highest BCUT2D eigenvalue weighted by Crippen LogP contribution is 2.22. The maximum Gasteiger partial charge on any atom is 0.320 e. The van der Waals surface area contributed by atoms with Crippen molar-refractivity contribution in [1.82, 2.24) is 10.6 Å². The van der Waals surface area contributed by atoms with Gasteiger partial charge in [0.15, 0.2) is 0 Å². The van der Waals surface area contributed by atoms with Gasteiger partial charge in [0.1, 0.15) is 23.7 Å². The van der Waals surface area contributed by atoms with Crippen molar-refractivity contribution in [3.63, 3.8) is 0 Å².